The van der Waals surface area contributed by atoms with Crippen LogP contribution in [-0.4, -0.2) is 39.8 Å². The molecule has 1 amide bonds. The van der Waals surface area contributed by atoms with Gasteiger partial charge >= 0.3 is 5.69 Å². The molecule has 1 heterocycles. The van der Waals surface area contributed by atoms with Gasteiger partial charge in [-0.3, -0.25) is 9.36 Å². The van der Waals surface area contributed by atoms with E-state index in [-0.39, 0.29) is 24.7 Å². The first-order valence-corrected chi connectivity index (χ1v) is 9.97. The monoisotopic (exact) mass is 417 g/mol. The molecule has 7 heteroatoms. The fraction of sp³-hybridized carbons (Fsp3) is 0.167. The quantitative estimate of drug-likeness (QED) is 0.431. The first-order valence-electron chi connectivity index (χ1n) is 9.97. The number of rotatable bonds is 7. The Morgan fingerprint density at radius 2 is 1.84 bits per heavy atom. The van der Waals surface area contributed by atoms with E-state index < -0.39 is 6.10 Å². The molecule has 0 aliphatic carbocycles. The molecule has 1 aromatic heterocycles. The van der Waals surface area contributed by atoms with Crippen LogP contribution in [0.25, 0.3) is 16.5 Å². The predicted octanol–water partition coefficient (Wildman–Crippen LogP) is 2.80. The van der Waals surface area contributed by atoms with E-state index in [4.69, 9.17) is 4.74 Å². The number of aryl methyl sites for hydroxylation is 1. The molecular weight excluding hydrogens is 394 g/mol. The van der Waals surface area contributed by atoms with Gasteiger partial charge in [0, 0.05) is 29.4 Å². The van der Waals surface area contributed by atoms with Crippen molar-refractivity contribution in [1.29, 1.82) is 0 Å². The van der Waals surface area contributed by atoms with Crippen molar-refractivity contribution in [2.75, 3.05) is 13.2 Å². The molecular formula is C24H23N3O4. The molecule has 0 aliphatic rings. The first-order chi connectivity index (χ1) is 15.0. The van der Waals surface area contributed by atoms with Crippen molar-refractivity contribution in [3.05, 3.63) is 94.7 Å². The second-order valence-corrected chi connectivity index (χ2v) is 7.27. The number of ether oxygens (including phenoxy) is 1. The van der Waals surface area contributed by atoms with E-state index >= 15 is 0 Å². The van der Waals surface area contributed by atoms with Gasteiger partial charge in [-0.1, -0.05) is 36.4 Å². The van der Waals surface area contributed by atoms with Gasteiger partial charge in [0.15, 0.2) is 0 Å². The fourth-order valence-corrected chi connectivity index (χ4v) is 3.42. The number of aromatic nitrogens is 2. The Morgan fingerprint density at radius 1 is 1.10 bits per heavy atom. The lowest BCUT2D eigenvalue weighted by molar-refractivity contribution is 0.0846. The Bertz CT molecular complexity index is 1250. The van der Waals surface area contributed by atoms with E-state index in [1.165, 1.54) is 4.57 Å². The third-order valence-electron chi connectivity index (χ3n) is 5.03. The maximum Gasteiger partial charge on any atom is 0.330 e. The molecule has 3 aromatic carbocycles. The molecule has 4 aromatic rings. The van der Waals surface area contributed by atoms with Crippen molar-refractivity contribution < 1.29 is 14.6 Å². The second kappa shape index (κ2) is 8.89. The number of fused-ring (bicyclic) bond motifs is 1. The Balaban J connectivity index is 1.32. The number of H-pyrrole nitrogens is 1. The highest BCUT2D eigenvalue weighted by Crippen LogP contribution is 2.25. The minimum Gasteiger partial charge on any atom is -0.490 e. The number of aromatic amines is 1. The standard InChI is InChI=1S/C24H23N3O4/c1-16-13-26-24(30)27(16)19-11-9-18(10-12-19)23(29)25-14-20(28)15-31-22-8-4-6-17-5-2-3-7-21(17)22/h2-13,20,28H,14-15H2,1H3,(H,25,29)(H,26,30). The zero-order valence-corrected chi connectivity index (χ0v) is 17.0. The molecule has 7 nitrogen and oxygen atoms in total. The summed E-state index contributed by atoms with van der Waals surface area (Å²) in [6, 6.07) is 20.3. The predicted molar refractivity (Wildman–Crippen MR) is 119 cm³/mol. The average Bonchev–Trinajstić information content (AvgIpc) is 3.14. The lowest BCUT2D eigenvalue weighted by atomic mass is 10.1. The van der Waals surface area contributed by atoms with Gasteiger partial charge in [0.05, 0.1) is 5.69 Å². The van der Waals surface area contributed by atoms with Crippen LogP contribution in [0.3, 0.4) is 0 Å². The number of carbonyl (C=O) groups excluding carboxylic acids is 1. The molecule has 0 bridgehead atoms. The molecule has 3 N–H and O–H groups in total. The number of amides is 1. The number of hydrogen-bond acceptors (Lipinski definition) is 4. The molecule has 1 unspecified atom stereocenters. The number of nitrogens with zero attached hydrogens (tertiary/aromatic N) is 1. The lowest BCUT2D eigenvalue weighted by Crippen LogP contribution is -2.35. The number of aliphatic hydroxyl groups is 1. The topological polar surface area (TPSA) is 96.4 Å². The fourth-order valence-electron chi connectivity index (χ4n) is 3.42. The van der Waals surface area contributed by atoms with Gasteiger partial charge < -0.3 is 20.1 Å². The van der Waals surface area contributed by atoms with Crippen molar-refractivity contribution in [3.8, 4) is 11.4 Å². The Labute approximate surface area is 178 Å². The van der Waals surface area contributed by atoms with Crippen molar-refractivity contribution in [2.24, 2.45) is 0 Å². The average molecular weight is 417 g/mol. The van der Waals surface area contributed by atoms with Gasteiger partial charge in [-0.05, 0) is 42.6 Å². The van der Waals surface area contributed by atoms with Gasteiger partial charge in [0.1, 0.15) is 18.5 Å². The maximum atomic E-state index is 12.4. The van der Waals surface area contributed by atoms with Crippen molar-refractivity contribution in [3.63, 3.8) is 0 Å². The van der Waals surface area contributed by atoms with E-state index in [0.29, 0.717) is 17.0 Å². The molecule has 158 valence electrons. The molecule has 31 heavy (non-hydrogen) atoms. The van der Waals surface area contributed by atoms with Crippen LogP contribution in [0, 0.1) is 6.92 Å². The smallest absolute Gasteiger partial charge is 0.330 e. The highest BCUT2D eigenvalue weighted by atomic mass is 16.5. The third-order valence-corrected chi connectivity index (χ3v) is 5.03. The summed E-state index contributed by atoms with van der Waals surface area (Å²) in [5, 5.41) is 15.0. The van der Waals surface area contributed by atoms with Crippen LogP contribution in [0.5, 0.6) is 5.75 Å². The Morgan fingerprint density at radius 3 is 2.58 bits per heavy atom. The lowest BCUT2D eigenvalue weighted by Gasteiger charge is -2.15. The van der Waals surface area contributed by atoms with E-state index in [9.17, 15) is 14.7 Å². The summed E-state index contributed by atoms with van der Waals surface area (Å²) >= 11 is 0. The SMILES string of the molecule is Cc1c[nH]c(=O)n1-c1ccc(C(=O)NCC(O)COc2cccc3ccccc23)cc1. The molecule has 4 rings (SSSR count). The summed E-state index contributed by atoms with van der Waals surface area (Å²) in [7, 11) is 0. The van der Waals surface area contributed by atoms with Crippen molar-refractivity contribution in [1.82, 2.24) is 14.9 Å². The largest absolute Gasteiger partial charge is 0.490 e. The maximum absolute atomic E-state index is 12.4. The highest BCUT2D eigenvalue weighted by Gasteiger charge is 2.12. The summed E-state index contributed by atoms with van der Waals surface area (Å²) in [5.41, 5.74) is 1.65. The Kier molecular flexibility index (Phi) is 5.86. The molecule has 0 saturated carbocycles. The summed E-state index contributed by atoms with van der Waals surface area (Å²) in [5.74, 6) is 0.378. The number of carbonyl (C=O) groups is 1. The minimum atomic E-state index is -0.858. The zero-order chi connectivity index (χ0) is 21.8. The second-order valence-electron chi connectivity index (χ2n) is 7.27. The van der Waals surface area contributed by atoms with Gasteiger partial charge in [-0.25, -0.2) is 4.79 Å². The van der Waals surface area contributed by atoms with Crippen LogP contribution in [0.15, 0.2) is 77.7 Å². The van der Waals surface area contributed by atoms with Gasteiger partial charge in [0.25, 0.3) is 5.91 Å². The zero-order valence-electron chi connectivity index (χ0n) is 17.0. The number of benzene rings is 3. The minimum absolute atomic E-state index is 0.0573. The number of hydrogen-bond donors (Lipinski definition) is 3. The van der Waals surface area contributed by atoms with Crippen LogP contribution < -0.4 is 15.7 Å². The van der Waals surface area contributed by atoms with Crippen molar-refractivity contribution in [2.45, 2.75) is 13.0 Å². The first kappa shape index (κ1) is 20.4. The molecule has 0 saturated heterocycles. The van der Waals surface area contributed by atoms with E-state index in [2.05, 4.69) is 10.3 Å². The highest BCUT2D eigenvalue weighted by molar-refractivity contribution is 5.94. The number of nitrogens with one attached hydrogen (secondary N) is 2. The molecule has 0 aliphatic heterocycles. The van der Waals surface area contributed by atoms with Crippen LogP contribution in [-0.2, 0) is 0 Å². The van der Waals surface area contributed by atoms with Crippen molar-refractivity contribution >= 4 is 16.7 Å². The van der Waals surface area contributed by atoms with Crippen LogP contribution in [0.2, 0.25) is 0 Å². The number of aliphatic hydroxyl groups excluding tert-OH is 1. The summed E-state index contributed by atoms with van der Waals surface area (Å²) in [4.78, 5) is 26.9. The van der Waals surface area contributed by atoms with E-state index in [1.807, 2.05) is 49.4 Å². The summed E-state index contributed by atoms with van der Waals surface area (Å²) in [6.07, 6.45) is 0.772. The van der Waals surface area contributed by atoms with Crippen LogP contribution in [0.4, 0.5) is 0 Å². The third kappa shape index (κ3) is 4.51. The van der Waals surface area contributed by atoms with Crippen LogP contribution in [0.1, 0.15) is 16.1 Å². The van der Waals surface area contributed by atoms with E-state index in [0.717, 1.165) is 16.5 Å². The van der Waals surface area contributed by atoms with Gasteiger partial charge in [-0.2, -0.15) is 0 Å². The molecule has 0 spiro atoms. The number of imidazole rings is 1. The van der Waals surface area contributed by atoms with Crippen LogP contribution >= 0.6 is 0 Å². The molecule has 0 radical (unpaired) electrons. The molecule has 1 atom stereocenters. The van der Waals surface area contributed by atoms with Gasteiger partial charge in [-0.15, -0.1) is 0 Å². The summed E-state index contributed by atoms with van der Waals surface area (Å²) in [6.45, 7) is 1.94. The van der Waals surface area contributed by atoms with Gasteiger partial charge in [0.2, 0.25) is 0 Å². The Hall–Kier alpha value is -3.84. The normalized spacial score (nSPS) is 11.9. The van der Waals surface area contributed by atoms with E-state index in [1.54, 1.807) is 30.5 Å². The molecule has 0 fully saturated rings. The summed E-state index contributed by atoms with van der Waals surface area (Å²) < 4.78 is 7.29.